The summed E-state index contributed by atoms with van der Waals surface area (Å²) in [5.41, 5.74) is 7.36. The molecule has 2 aromatic heterocycles. The third kappa shape index (κ3) is 1.99. The van der Waals surface area contributed by atoms with Gasteiger partial charge in [0.15, 0.2) is 0 Å². The number of aromatic nitrogens is 1. The standard InChI is InChI=1S/C15H11FN2O2/c16-11-2-3-12-5-10(7-15(20)18(12)8-11)9-1-4-13(17)14(19)6-9/h1-8,19H,17H2. The van der Waals surface area contributed by atoms with Gasteiger partial charge in [0.2, 0.25) is 0 Å². The van der Waals surface area contributed by atoms with E-state index >= 15 is 0 Å². The van der Waals surface area contributed by atoms with Crippen molar-refractivity contribution in [1.82, 2.24) is 4.40 Å². The molecule has 0 aliphatic heterocycles. The van der Waals surface area contributed by atoms with Crippen LogP contribution in [0.25, 0.3) is 16.6 Å². The molecule has 0 aliphatic rings. The van der Waals surface area contributed by atoms with Gasteiger partial charge in [-0.05, 0) is 41.5 Å². The van der Waals surface area contributed by atoms with Gasteiger partial charge < -0.3 is 10.8 Å². The van der Waals surface area contributed by atoms with Crippen molar-refractivity contribution in [3.05, 3.63) is 64.8 Å². The molecule has 3 rings (SSSR count). The van der Waals surface area contributed by atoms with Crippen LogP contribution in [-0.2, 0) is 0 Å². The van der Waals surface area contributed by atoms with Crippen LogP contribution in [0.3, 0.4) is 0 Å². The first-order chi connectivity index (χ1) is 9.54. The molecule has 5 heteroatoms. The van der Waals surface area contributed by atoms with E-state index in [9.17, 15) is 14.3 Å². The average Bonchev–Trinajstić information content (AvgIpc) is 2.42. The highest BCUT2D eigenvalue weighted by atomic mass is 19.1. The molecule has 0 bridgehead atoms. The van der Waals surface area contributed by atoms with Gasteiger partial charge in [0.25, 0.3) is 5.56 Å². The highest BCUT2D eigenvalue weighted by Gasteiger charge is 2.06. The molecule has 3 N–H and O–H groups in total. The molecule has 0 aliphatic carbocycles. The van der Waals surface area contributed by atoms with Gasteiger partial charge in [-0.2, -0.15) is 0 Å². The smallest absolute Gasteiger partial charge is 0.255 e. The first-order valence-electron chi connectivity index (χ1n) is 5.95. The van der Waals surface area contributed by atoms with E-state index in [1.165, 1.54) is 28.7 Å². The normalized spacial score (nSPS) is 10.8. The summed E-state index contributed by atoms with van der Waals surface area (Å²) in [6.45, 7) is 0. The van der Waals surface area contributed by atoms with Gasteiger partial charge in [-0.15, -0.1) is 0 Å². The van der Waals surface area contributed by atoms with E-state index in [0.717, 1.165) is 6.20 Å². The summed E-state index contributed by atoms with van der Waals surface area (Å²) >= 11 is 0. The number of nitrogen functional groups attached to an aromatic ring is 1. The van der Waals surface area contributed by atoms with E-state index in [4.69, 9.17) is 5.73 Å². The maximum Gasteiger partial charge on any atom is 0.255 e. The van der Waals surface area contributed by atoms with E-state index in [1.54, 1.807) is 18.2 Å². The van der Waals surface area contributed by atoms with E-state index in [0.29, 0.717) is 16.6 Å². The summed E-state index contributed by atoms with van der Waals surface area (Å²) in [6, 6.07) is 10.7. The van der Waals surface area contributed by atoms with Crippen molar-refractivity contribution >= 4 is 11.2 Å². The Labute approximate surface area is 113 Å². The largest absolute Gasteiger partial charge is 0.506 e. The van der Waals surface area contributed by atoms with Crippen LogP contribution >= 0.6 is 0 Å². The summed E-state index contributed by atoms with van der Waals surface area (Å²) < 4.78 is 14.4. The minimum atomic E-state index is -0.475. The molecule has 4 nitrogen and oxygen atoms in total. The summed E-state index contributed by atoms with van der Waals surface area (Å²) in [5.74, 6) is -0.515. The van der Waals surface area contributed by atoms with Gasteiger partial charge in [0.05, 0.1) is 5.69 Å². The number of hydrogen-bond donors (Lipinski definition) is 2. The maximum absolute atomic E-state index is 13.1. The molecule has 3 aromatic rings. The maximum atomic E-state index is 13.1. The molecule has 0 amide bonds. The SMILES string of the molecule is Nc1ccc(-c2cc(=O)n3cc(F)ccc3c2)cc1O. The van der Waals surface area contributed by atoms with Gasteiger partial charge in [0.1, 0.15) is 11.6 Å². The van der Waals surface area contributed by atoms with Gasteiger partial charge in [-0.25, -0.2) is 4.39 Å². The molecule has 20 heavy (non-hydrogen) atoms. The lowest BCUT2D eigenvalue weighted by atomic mass is 10.1. The molecule has 0 fully saturated rings. The van der Waals surface area contributed by atoms with Crippen molar-refractivity contribution in [2.45, 2.75) is 0 Å². The first-order valence-corrected chi connectivity index (χ1v) is 5.95. The van der Waals surface area contributed by atoms with Gasteiger partial charge in [0, 0.05) is 17.8 Å². The fourth-order valence-corrected chi connectivity index (χ4v) is 2.09. The van der Waals surface area contributed by atoms with Crippen molar-refractivity contribution in [2.75, 3.05) is 5.73 Å². The Morgan fingerprint density at radius 1 is 1.05 bits per heavy atom. The fourth-order valence-electron chi connectivity index (χ4n) is 2.09. The lowest BCUT2D eigenvalue weighted by molar-refractivity contribution is 0.478. The fraction of sp³-hybridized carbons (Fsp3) is 0. The van der Waals surface area contributed by atoms with Crippen LogP contribution in [0.15, 0.2) is 53.5 Å². The monoisotopic (exact) mass is 270 g/mol. The number of phenols is 1. The number of benzene rings is 1. The zero-order chi connectivity index (χ0) is 14.3. The van der Waals surface area contributed by atoms with E-state index in [2.05, 4.69) is 0 Å². The second kappa shape index (κ2) is 4.38. The van der Waals surface area contributed by atoms with Gasteiger partial charge in [-0.1, -0.05) is 6.07 Å². The van der Waals surface area contributed by atoms with E-state index < -0.39 is 5.82 Å². The summed E-state index contributed by atoms with van der Waals surface area (Å²) in [6.07, 6.45) is 1.14. The number of rotatable bonds is 1. The number of hydrogen-bond acceptors (Lipinski definition) is 3. The quantitative estimate of drug-likeness (QED) is 0.527. The first kappa shape index (κ1) is 12.2. The van der Waals surface area contributed by atoms with Crippen LogP contribution in [0.4, 0.5) is 10.1 Å². The molecule has 0 unspecified atom stereocenters. The molecule has 0 radical (unpaired) electrons. The molecule has 100 valence electrons. The summed E-state index contributed by atoms with van der Waals surface area (Å²) in [7, 11) is 0. The molecular weight excluding hydrogens is 259 g/mol. The van der Waals surface area contributed by atoms with Crippen LogP contribution in [0.2, 0.25) is 0 Å². The number of nitrogens with zero attached hydrogens (tertiary/aromatic N) is 1. The lowest BCUT2D eigenvalue weighted by Crippen LogP contribution is -2.12. The Bertz CT molecular complexity index is 871. The van der Waals surface area contributed by atoms with E-state index in [1.807, 2.05) is 0 Å². The van der Waals surface area contributed by atoms with Crippen molar-refractivity contribution in [1.29, 1.82) is 0 Å². The Morgan fingerprint density at radius 3 is 2.60 bits per heavy atom. The molecule has 0 spiro atoms. The minimum absolute atomic E-state index is 0.0400. The van der Waals surface area contributed by atoms with Crippen molar-refractivity contribution in [3.8, 4) is 16.9 Å². The summed E-state index contributed by atoms with van der Waals surface area (Å²) in [5, 5.41) is 9.62. The topological polar surface area (TPSA) is 67.7 Å². The average molecular weight is 270 g/mol. The van der Waals surface area contributed by atoms with Crippen LogP contribution < -0.4 is 11.3 Å². The Morgan fingerprint density at radius 2 is 1.85 bits per heavy atom. The predicted octanol–water partition coefficient (Wildman–Crippen LogP) is 2.39. The van der Waals surface area contributed by atoms with Gasteiger partial charge >= 0.3 is 0 Å². The number of halogens is 1. The highest BCUT2D eigenvalue weighted by molar-refractivity contribution is 5.72. The second-order valence-electron chi connectivity index (χ2n) is 4.50. The lowest BCUT2D eigenvalue weighted by Gasteiger charge is -2.07. The zero-order valence-corrected chi connectivity index (χ0v) is 10.4. The van der Waals surface area contributed by atoms with Crippen LogP contribution in [0.5, 0.6) is 5.75 Å². The molecule has 1 aromatic carbocycles. The highest BCUT2D eigenvalue weighted by Crippen LogP contribution is 2.27. The Balaban J connectivity index is 2.24. The molecule has 2 heterocycles. The number of nitrogens with two attached hydrogens (primary N) is 1. The van der Waals surface area contributed by atoms with Crippen molar-refractivity contribution in [2.24, 2.45) is 0 Å². The van der Waals surface area contributed by atoms with Crippen molar-refractivity contribution < 1.29 is 9.50 Å². The summed E-state index contributed by atoms with van der Waals surface area (Å²) in [4.78, 5) is 12.0. The number of fused-ring (bicyclic) bond motifs is 1. The zero-order valence-electron chi connectivity index (χ0n) is 10.4. The van der Waals surface area contributed by atoms with Crippen LogP contribution in [-0.4, -0.2) is 9.51 Å². The van der Waals surface area contributed by atoms with Crippen LogP contribution in [0, 0.1) is 5.82 Å². The molecule has 0 saturated carbocycles. The Hall–Kier alpha value is -2.82. The van der Waals surface area contributed by atoms with E-state index in [-0.39, 0.29) is 17.0 Å². The molecule has 0 saturated heterocycles. The predicted molar refractivity (Wildman–Crippen MR) is 75.1 cm³/mol. The molecule has 0 atom stereocenters. The van der Waals surface area contributed by atoms with Crippen molar-refractivity contribution in [3.63, 3.8) is 0 Å². The van der Waals surface area contributed by atoms with Crippen LogP contribution in [0.1, 0.15) is 0 Å². The second-order valence-corrected chi connectivity index (χ2v) is 4.50. The number of phenolic OH excluding ortho intramolecular Hbond substituents is 1. The minimum Gasteiger partial charge on any atom is -0.506 e. The number of anilines is 1. The third-order valence-electron chi connectivity index (χ3n) is 3.13. The Kier molecular flexibility index (Phi) is 2.68. The third-order valence-corrected chi connectivity index (χ3v) is 3.13. The molecular formula is C15H11FN2O2. The number of aromatic hydroxyl groups is 1. The number of pyridine rings is 2. The van der Waals surface area contributed by atoms with Gasteiger partial charge in [-0.3, -0.25) is 9.20 Å².